The van der Waals surface area contributed by atoms with Crippen LogP contribution < -0.4 is 5.73 Å². The average molecular weight is 204 g/mol. The molecule has 2 rings (SSSR count). The van der Waals surface area contributed by atoms with Gasteiger partial charge in [0.05, 0.1) is 0 Å². The van der Waals surface area contributed by atoms with Gasteiger partial charge in [0.2, 0.25) is 0 Å². The summed E-state index contributed by atoms with van der Waals surface area (Å²) < 4.78 is 0. The van der Waals surface area contributed by atoms with Crippen molar-refractivity contribution in [3.8, 4) is 0 Å². The lowest BCUT2D eigenvalue weighted by Gasteiger charge is -2.15. The second-order valence-corrected chi connectivity index (χ2v) is 4.46. The Balaban J connectivity index is 1.98. The van der Waals surface area contributed by atoms with Crippen LogP contribution in [0.25, 0.3) is 0 Å². The first kappa shape index (κ1) is 10.7. The zero-order valence-corrected chi connectivity index (χ0v) is 9.45. The highest BCUT2D eigenvalue weighted by Crippen LogP contribution is 2.13. The van der Waals surface area contributed by atoms with Crippen LogP contribution in [0, 0.1) is 0 Å². The molecule has 0 aromatic heterocycles. The van der Waals surface area contributed by atoms with Crippen molar-refractivity contribution in [1.82, 2.24) is 4.90 Å². The number of hydrogen-bond acceptors (Lipinski definition) is 2. The van der Waals surface area contributed by atoms with Crippen molar-refractivity contribution in [2.45, 2.75) is 32.4 Å². The van der Waals surface area contributed by atoms with Crippen LogP contribution in [-0.2, 0) is 13.0 Å². The van der Waals surface area contributed by atoms with E-state index in [1.807, 2.05) is 0 Å². The van der Waals surface area contributed by atoms with Crippen LogP contribution in [0.5, 0.6) is 0 Å². The zero-order valence-electron chi connectivity index (χ0n) is 9.45. The number of hydrogen-bond donors (Lipinski definition) is 1. The summed E-state index contributed by atoms with van der Waals surface area (Å²) in [4.78, 5) is 2.44. The molecule has 0 spiro atoms. The van der Waals surface area contributed by atoms with E-state index in [4.69, 9.17) is 5.73 Å². The van der Waals surface area contributed by atoms with Gasteiger partial charge in [-0.25, -0.2) is 0 Å². The van der Waals surface area contributed by atoms with E-state index in [1.165, 1.54) is 11.1 Å². The summed E-state index contributed by atoms with van der Waals surface area (Å²) in [5.74, 6) is 0. The Hall–Kier alpha value is -0.860. The molecule has 0 radical (unpaired) electrons. The highest BCUT2D eigenvalue weighted by molar-refractivity contribution is 5.23. The van der Waals surface area contributed by atoms with Gasteiger partial charge in [0.1, 0.15) is 0 Å². The van der Waals surface area contributed by atoms with Gasteiger partial charge in [0.15, 0.2) is 0 Å². The van der Waals surface area contributed by atoms with Gasteiger partial charge in [0.25, 0.3) is 0 Å². The quantitative estimate of drug-likeness (QED) is 0.813. The Morgan fingerprint density at radius 2 is 2.20 bits per heavy atom. The van der Waals surface area contributed by atoms with Crippen LogP contribution in [0.1, 0.15) is 24.5 Å². The molecule has 82 valence electrons. The van der Waals surface area contributed by atoms with Gasteiger partial charge in [-0.3, -0.25) is 4.90 Å². The highest BCUT2D eigenvalue weighted by Gasteiger charge is 2.18. The Morgan fingerprint density at radius 1 is 1.40 bits per heavy atom. The first-order valence-corrected chi connectivity index (χ1v) is 5.83. The molecule has 0 amide bonds. The maximum Gasteiger partial charge on any atom is 0.0234 e. The standard InChI is InChI=1S/C13H20N2/c1-2-11-4-3-5-12(8-11)9-15-7-6-13(14)10-15/h3-5,8,13H,2,6-7,9-10,14H2,1H3. The first-order valence-electron chi connectivity index (χ1n) is 5.83. The zero-order chi connectivity index (χ0) is 10.7. The SMILES string of the molecule is CCc1cccc(CN2CCC(N)C2)c1. The molecule has 15 heavy (non-hydrogen) atoms. The molecule has 1 atom stereocenters. The van der Waals surface area contributed by atoms with Crippen molar-refractivity contribution in [1.29, 1.82) is 0 Å². The molecule has 2 N–H and O–H groups in total. The fourth-order valence-electron chi connectivity index (χ4n) is 2.21. The number of nitrogens with zero attached hydrogens (tertiary/aromatic N) is 1. The third-order valence-electron chi connectivity index (χ3n) is 3.11. The maximum absolute atomic E-state index is 5.89. The second-order valence-electron chi connectivity index (χ2n) is 4.46. The molecule has 1 unspecified atom stereocenters. The normalized spacial score (nSPS) is 22.1. The fraction of sp³-hybridized carbons (Fsp3) is 0.538. The van der Waals surface area contributed by atoms with Crippen LogP contribution in [0.3, 0.4) is 0 Å². The van der Waals surface area contributed by atoms with E-state index >= 15 is 0 Å². The van der Waals surface area contributed by atoms with Crippen LogP contribution in [0.4, 0.5) is 0 Å². The van der Waals surface area contributed by atoms with Crippen molar-refractivity contribution in [3.05, 3.63) is 35.4 Å². The van der Waals surface area contributed by atoms with Crippen LogP contribution in [-0.4, -0.2) is 24.0 Å². The van der Waals surface area contributed by atoms with Crippen molar-refractivity contribution >= 4 is 0 Å². The lowest BCUT2D eigenvalue weighted by Crippen LogP contribution is -2.26. The number of rotatable bonds is 3. The van der Waals surface area contributed by atoms with E-state index in [2.05, 4.69) is 36.1 Å². The topological polar surface area (TPSA) is 29.3 Å². The molecule has 1 aliphatic heterocycles. The van der Waals surface area contributed by atoms with E-state index in [0.717, 1.165) is 32.5 Å². The first-order chi connectivity index (χ1) is 7.28. The third kappa shape index (κ3) is 2.80. The molecule has 1 aromatic rings. The number of nitrogens with two attached hydrogens (primary N) is 1. The summed E-state index contributed by atoms with van der Waals surface area (Å²) in [7, 11) is 0. The monoisotopic (exact) mass is 204 g/mol. The van der Waals surface area contributed by atoms with Gasteiger partial charge in [-0.05, 0) is 24.0 Å². The van der Waals surface area contributed by atoms with Gasteiger partial charge in [-0.15, -0.1) is 0 Å². The second kappa shape index (κ2) is 4.77. The highest BCUT2D eigenvalue weighted by atomic mass is 15.2. The fourth-order valence-corrected chi connectivity index (χ4v) is 2.21. The molecule has 2 heteroatoms. The lowest BCUT2D eigenvalue weighted by atomic mass is 10.1. The van der Waals surface area contributed by atoms with Crippen molar-refractivity contribution in [2.75, 3.05) is 13.1 Å². The van der Waals surface area contributed by atoms with Crippen molar-refractivity contribution in [2.24, 2.45) is 5.73 Å². The Bertz CT molecular complexity index is 322. The molecule has 0 aliphatic carbocycles. The summed E-state index contributed by atoms with van der Waals surface area (Å²) in [6, 6.07) is 9.26. The molecule has 1 saturated heterocycles. The molecule has 0 saturated carbocycles. The minimum atomic E-state index is 0.388. The third-order valence-corrected chi connectivity index (χ3v) is 3.11. The molecular formula is C13H20N2. The summed E-state index contributed by atoms with van der Waals surface area (Å²) in [5, 5.41) is 0. The molecular weight excluding hydrogens is 184 g/mol. The van der Waals surface area contributed by atoms with Gasteiger partial charge in [-0.2, -0.15) is 0 Å². The Morgan fingerprint density at radius 3 is 2.87 bits per heavy atom. The van der Waals surface area contributed by atoms with E-state index < -0.39 is 0 Å². The van der Waals surface area contributed by atoms with E-state index in [0.29, 0.717) is 6.04 Å². The molecule has 1 aromatic carbocycles. The number of aryl methyl sites for hydroxylation is 1. The number of benzene rings is 1. The lowest BCUT2D eigenvalue weighted by molar-refractivity contribution is 0.327. The van der Waals surface area contributed by atoms with Gasteiger partial charge in [0, 0.05) is 25.7 Å². The Labute approximate surface area is 92.1 Å². The predicted molar refractivity (Wildman–Crippen MR) is 63.7 cm³/mol. The maximum atomic E-state index is 5.89. The predicted octanol–water partition coefficient (Wildman–Crippen LogP) is 1.78. The molecule has 0 bridgehead atoms. The Kier molecular flexibility index (Phi) is 3.39. The number of likely N-dealkylation sites (tertiary alicyclic amines) is 1. The summed E-state index contributed by atoms with van der Waals surface area (Å²) in [6.07, 6.45) is 2.26. The molecule has 1 heterocycles. The van der Waals surface area contributed by atoms with E-state index in [-0.39, 0.29) is 0 Å². The molecule has 1 fully saturated rings. The van der Waals surface area contributed by atoms with Crippen LogP contribution in [0.15, 0.2) is 24.3 Å². The molecule has 2 nitrogen and oxygen atoms in total. The summed E-state index contributed by atoms with van der Waals surface area (Å²) in [5.41, 5.74) is 8.74. The van der Waals surface area contributed by atoms with E-state index in [9.17, 15) is 0 Å². The van der Waals surface area contributed by atoms with E-state index in [1.54, 1.807) is 0 Å². The van der Waals surface area contributed by atoms with Crippen molar-refractivity contribution < 1.29 is 0 Å². The van der Waals surface area contributed by atoms with Gasteiger partial charge in [-0.1, -0.05) is 31.2 Å². The largest absolute Gasteiger partial charge is 0.326 e. The average Bonchev–Trinajstić information content (AvgIpc) is 2.64. The van der Waals surface area contributed by atoms with Crippen LogP contribution >= 0.6 is 0 Å². The minimum Gasteiger partial charge on any atom is -0.326 e. The van der Waals surface area contributed by atoms with Gasteiger partial charge >= 0.3 is 0 Å². The summed E-state index contributed by atoms with van der Waals surface area (Å²) in [6.45, 7) is 5.46. The van der Waals surface area contributed by atoms with Gasteiger partial charge < -0.3 is 5.73 Å². The molecule has 1 aliphatic rings. The summed E-state index contributed by atoms with van der Waals surface area (Å²) >= 11 is 0. The van der Waals surface area contributed by atoms with Crippen molar-refractivity contribution in [3.63, 3.8) is 0 Å². The smallest absolute Gasteiger partial charge is 0.0234 e. The van der Waals surface area contributed by atoms with Crippen LogP contribution in [0.2, 0.25) is 0 Å². The minimum absolute atomic E-state index is 0.388.